The molecule has 1 aromatic carbocycles. The molecule has 2 fully saturated rings. The summed E-state index contributed by atoms with van der Waals surface area (Å²) in [6.07, 6.45) is 1.64. The molecule has 2 aliphatic rings. The van der Waals surface area contributed by atoms with Gasteiger partial charge in [0.25, 0.3) is 5.91 Å². The SMILES string of the molecule is O=C(c1ccccc1C(F)(F)F)N1C2CCC1CC(n1nccn1)C2. The van der Waals surface area contributed by atoms with Gasteiger partial charge >= 0.3 is 6.18 Å². The van der Waals surface area contributed by atoms with Crippen molar-refractivity contribution in [3.8, 4) is 0 Å². The fourth-order valence-corrected chi connectivity index (χ4v) is 4.14. The molecule has 1 amide bonds. The Bertz CT molecular complexity index is 760. The summed E-state index contributed by atoms with van der Waals surface area (Å²) < 4.78 is 39.7. The number of carbonyl (C=O) groups excluding carboxylic acids is 1. The number of hydrogen-bond donors (Lipinski definition) is 0. The van der Waals surface area contributed by atoms with E-state index in [9.17, 15) is 18.0 Å². The fraction of sp³-hybridized carbons (Fsp3) is 0.471. The number of benzene rings is 1. The van der Waals surface area contributed by atoms with Crippen LogP contribution in [-0.4, -0.2) is 37.9 Å². The number of alkyl halides is 3. The first kappa shape index (κ1) is 16.1. The van der Waals surface area contributed by atoms with Gasteiger partial charge in [-0.1, -0.05) is 12.1 Å². The summed E-state index contributed by atoms with van der Waals surface area (Å²) in [6, 6.07) is 4.98. The Morgan fingerprint density at radius 3 is 2.20 bits per heavy atom. The van der Waals surface area contributed by atoms with Crippen LogP contribution in [-0.2, 0) is 6.18 Å². The maximum absolute atomic E-state index is 13.2. The molecular weight excluding hydrogens is 333 g/mol. The molecule has 2 bridgehead atoms. The Kier molecular flexibility index (Phi) is 3.77. The van der Waals surface area contributed by atoms with E-state index in [1.807, 2.05) is 0 Å². The van der Waals surface area contributed by atoms with Gasteiger partial charge in [-0.2, -0.15) is 28.2 Å². The Morgan fingerprint density at radius 2 is 1.60 bits per heavy atom. The van der Waals surface area contributed by atoms with E-state index in [0.29, 0.717) is 12.8 Å². The van der Waals surface area contributed by atoms with Crippen LogP contribution in [0.1, 0.15) is 47.6 Å². The zero-order valence-electron chi connectivity index (χ0n) is 13.4. The number of amides is 1. The Morgan fingerprint density at radius 1 is 1.00 bits per heavy atom. The lowest BCUT2D eigenvalue weighted by Crippen LogP contribution is -2.47. The minimum absolute atomic E-state index is 0.0662. The molecular formula is C17H17F3N4O. The summed E-state index contributed by atoms with van der Waals surface area (Å²) >= 11 is 0. The standard InChI is InChI=1S/C17H17F3N4O/c18-17(19,20)15-4-2-1-3-14(15)16(25)23-11-5-6-12(23)10-13(9-11)24-21-7-8-22-24/h1-4,7-8,11-13H,5-6,9-10H2. The van der Waals surface area contributed by atoms with Gasteiger partial charge in [-0.15, -0.1) is 0 Å². The zero-order chi connectivity index (χ0) is 17.6. The van der Waals surface area contributed by atoms with Gasteiger partial charge in [0.15, 0.2) is 0 Å². The van der Waals surface area contributed by atoms with Gasteiger partial charge in [-0.3, -0.25) is 4.79 Å². The molecule has 25 heavy (non-hydrogen) atoms. The van der Waals surface area contributed by atoms with Crippen LogP contribution in [0.4, 0.5) is 13.2 Å². The number of halogens is 3. The highest BCUT2D eigenvalue weighted by atomic mass is 19.4. The van der Waals surface area contributed by atoms with Crippen molar-refractivity contribution < 1.29 is 18.0 Å². The second kappa shape index (κ2) is 5.86. The van der Waals surface area contributed by atoms with E-state index in [-0.39, 0.29) is 23.7 Å². The first-order valence-electron chi connectivity index (χ1n) is 8.30. The maximum Gasteiger partial charge on any atom is 0.417 e. The van der Waals surface area contributed by atoms with Crippen LogP contribution >= 0.6 is 0 Å². The lowest BCUT2D eigenvalue weighted by atomic mass is 9.95. The van der Waals surface area contributed by atoms with Crippen molar-refractivity contribution in [2.45, 2.75) is 50.0 Å². The second-order valence-electron chi connectivity index (χ2n) is 6.62. The summed E-state index contributed by atoms with van der Waals surface area (Å²) in [6.45, 7) is 0. The first-order chi connectivity index (χ1) is 11.9. The monoisotopic (exact) mass is 350 g/mol. The van der Waals surface area contributed by atoms with E-state index in [4.69, 9.17) is 0 Å². The number of rotatable bonds is 2. The van der Waals surface area contributed by atoms with Crippen molar-refractivity contribution >= 4 is 5.91 Å². The average molecular weight is 350 g/mol. The number of fused-ring (bicyclic) bond motifs is 2. The topological polar surface area (TPSA) is 51.0 Å². The van der Waals surface area contributed by atoms with Crippen LogP contribution in [0, 0.1) is 0 Å². The molecule has 5 nitrogen and oxygen atoms in total. The minimum atomic E-state index is -4.54. The highest BCUT2D eigenvalue weighted by molar-refractivity contribution is 5.96. The van der Waals surface area contributed by atoms with Crippen LogP contribution < -0.4 is 0 Å². The Balaban J connectivity index is 1.61. The van der Waals surface area contributed by atoms with Crippen molar-refractivity contribution in [2.75, 3.05) is 0 Å². The Labute approximate surface area is 142 Å². The van der Waals surface area contributed by atoms with Crippen molar-refractivity contribution in [3.05, 3.63) is 47.8 Å². The molecule has 2 saturated heterocycles. The third-order valence-electron chi connectivity index (χ3n) is 5.17. The lowest BCUT2D eigenvalue weighted by Gasteiger charge is -2.38. The van der Waals surface area contributed by atoms with Gasteiger partial charge in [0, 0.05) is 12.1 Å². The molecule has 0 spiro atoms. The fourth-order valence-electron chi connectivity index (χ4n) is 4.14. The molecule has 3 heterocycles. The summed E-state index contributed by atoms with van der Waals surface area (Å²) in [4.78, 5) is 16.2. The zero-order valence-corrected chi connectivity index (χ0v) is 13.4. The van der Waals surface area contributed by atoms with Crippen molar-refractivity contribution in [3.63, 3.8) is 0 Å². The molecule has 0 aliphatic carbocycles. The number of hydrogen-bond acceptors (Lipinski definition) is 3. The largest absolute Gasteiger partial charge is 0.417 e. The van der Waals surface area contributed by atoms with Crippen molar-refractivity contribution in [1.82, 2.24) is 19.9 Å². The molecule has 0 radical (unpaired) electrons. The Hall–Kier alpha value is -2.38. The van der Waals surface area contributed by atoms with E-state index in [0.717, 1.165) is 18.9 Å². The molecule has 2 atom stereocenters. The summed E-state index contributed by atoms with van der Waals surface area (Å²) in [5.41, 5.74) is -1.13. The highest BCUT2D eigenvalue weighted by Crippen LogP contribution is 2.42. The minimum Gasteiger partial charge on any atom is -0.333 e. The van der Waals surface area contributed by atoms with Gasteiger partial charge in [-0.25, -0.2) is 0 Å². The van der Waals surface area contributed by atoms with Crippen LogP contribution in [0.25, 0.3) is 0 Å². The molecule has 0 saturated carbocycles. The molecule has 1 aromatic heterocycles. The van der Waals surface area contributed by atoms with Crippen molar-refractivity contribution in [1.29, 1.82) is 0 Å². The summed E-state index contributed by atoms with van der Waals surface area (Å²) in [7, 11) is 0. The second-order valence-corrected chi connectivity index (χ2v) is 6.62. The van der Waals surface area contributed by atoms with Gasteiger partial charge in [0.2, 0.25) is 0 Å². The van der Waals surface area contributed by atoms with Gasteiger partial charge < -0.3 is 4.90 Å². The van der Waals surface area contributed by atoms with E-state index >= 15 is 0 Å². The number of nitrogens with zero attached hydrogens (tertiary/aromatic N) is 4. The van der Waals surface area contributed by atoms with E-state index in [2.05, 4.69) is 10.2 Å². The molecule has 2 aromatic rings. The average Bonchev–Trinajstić information content (AvgIpc) is 3.20. The lowest BCUT2D eigenvalue weighted by molar-refractivity contribution is -0.138. The molecule has 2 aliphatic heterocycles. The molecule has 132 valence electrons. The molecule has 8 heteroatoms. The van der Waals surface area contributed by atoms with Gasteiger partial charge in [0.05, 0.1) is 29.6 Å². The van der Waals surface area contributed by atoms with E-state index in [1.54, 1.807) is 22.1 Å². The predicted octanol–water partition coefficient (Wildman–Crippen LogP) is 3.31. The van der Waals surface area contributed by atoms with Gasteiger partial charge in [0.1, 0.15) is 0 Å². The maximum atomic E-state index is 13.2. The smallest absolute Gasteiger partial charge is 0.333 e. The third-order valence-corrected chi connectivity index (χ3v) is 5.17. The first-order valence-corrected chi connectivity index (χ1v) is 8.30. The third kappa shape index (κ3) is 2.79. The van der Waals surface area contributed by atoms with Gasteiger partial charge in [-0.05, 0) is 37.8 Å². The van der Waals surface area contributed by atoms with E-state index in [1.165, 1.54) is 18.2 Å². The molecule has 4 rings (SSSR count). The molecule has 2 unspecified atom stereocenters. The van der Waals surface area contributed by atoms with E-state index < -0.39 is 17.6 Å². The quantitative estimate of drug-likeness (QED) is 0.835. The number of piperidine rings is 1. The van der Waals surface area contributed by atoms with Crippen LogP contribution in [0.15, 0.2) is 36.7 Å². The molecule has 0 N–H and O–H groups in total. The predicted molar refractivity (Wildman–Crippen MR) is 82.7 cm³/mol. The number of carbonyl (C=O) groups is 1. The summed E-state index contributed by atoms with van der Waals surface area (Å²) in [5, 5.41) is 8.33. The highest BCUT2D eigenvalue weighted by Gasteiger charge is 2.46. The van der Waals surface area contributed by atoms with Crippen LogP contribution in [0.3, 0.4) is 0 Å². The van der Waals surface area contributed by atoms with Crippen LogP contribution in [0.2, 0.25) is 0 Å². The number of aromatic nitrogens is 3. The van der Waals surface area contributed by atoms with Crippen LogP contribution in [0.5, 0.6) is 0 Å². The summed E-state index contributed by atoms with van der Waals surface area (Å²) in [5.74, 6) is -0.521. The van der Waals surface area contributed by atoms with Crippen molar-refractivity contribution in [2.24, 2.45) is 0 Å². The normalized spacial score (nSPS) is 26.0.